The minimum Gasteiger partial charge on any atom is -0.493 e. The molecule has 2 atom stereocenters. The van der Waals surface area contributed by atoms with Crippen molar-refractivity contribution < 1.29 is 22.6 Å². The number of sulfonamides is 1. The predicted octanol–water partition coefficient (Wildman–Crippen LogP) is 1.73. The summed E-state index contributed by atoms with van der Waals surface area (Å²) in [5.74, 6) is 1.80. The lowest BCUT2D eigenvalue weighted by atomic mass is 10.1. The zero-order valence-corrected chi connectivity index (χ0v) is 21.6. The minimum absolute atomic E-state index is 0. The highest BCUT2D eigenvalue weighted by Gasteiger charge is 2.17. The van der Waals surface area contributed by atoms with Gasteiger partial charge in [-0.05, 0) is 38.3 Å². The average molecular weight is 570 g/mol. The van der Waals surface area contributed by atoms with Crippen molar-refractivity contribution in [3.8, 4) is 11.5 Å². The molecule has 1 heterocycles. The van der Waals surface area contributed by atoms with Crippen LogP contribution in [0.5, 0.6) is 11.5 Å². The van der Waals surface area contributed by atoms with E-state index < -0.39 is 10.0 Å². The third-order valence-electron chi connectivity index (χ3n) is 4.65. The van der Waals surface area contributed by atoms with E-state index in [-0.39, 0.29) is 48.5 Å². The van der Waals surface area contributed by atoms with E-state index in [0.717, 1.165) is 19.3 Å². The zero-order valence-electron chi connectivity index (χ0n) is 18.4. The van der Waals surface area contributed by atoms with Crippen molar-refractivity contribution in [2.45, 2.75) is 38.4 Å². The Morgan fingerprint density at radius 2 is 2.00 bits per heavy atom. The van der Waals surface area contributed by atoms with Crippen molar-refractivity contribution in [2.24, 2.45) is 4.99 Å². The summed E-state index contributed by atoms with van der Waals surface area (Å²) in [4.78, 5) is 4.12. The fourth-order valence-corrected chi connectivity index (χ4v) is 3.95. The summed E-state index contributed by atoms with van der Waals surface area (Å²) in [6, 6.07) is 7.45. The molecule has 0 amide bonds. The fourth-order valence-electron chi connectivity index (χ4n) is 3.00. The molecular weight excluding hydrogens is 535 g/mol. The number of halogens is 1. The molecule has 11 heteroatoms. The van der Waals surface area contributed by atoms with Gasteiger partial charge in [0, 0.05) is 26.7 Å². The SMILES string of the molecule is CN=C(NCCS(=O)(=O)NCC1CCCCO1)NCC(C)Oc1ccccc1OC.I. The van der Waals surface area contributed by atoms with Gasteiger partial charge in [0.2, 0.25) is 10.0 Å². The van der Waals surface area contributed by atoms with E-state index in [1.54, 1.807) is 14.2 Å². The molecule has 0 bridgehead atoms. The number of ether oxygens (including phenoxy) is 3. The zero-order chi connectivity index (χ0) is 21.8. The van der Waals surface area contributed by atoms with Crippen LogP contribution in [0.15, 0.2) is 29.3 Å². The number of rotatable bonds is 11. The molecule has 3 N–H and O–H groups in total. The van der Waals surface area contributed by atoms with Crippen molar-refractivity contribution in [3.63, 3.8) is 0 Å². The smallest absolute Gasteiger partial charge is 0.213 e. The first-order valence-corrected chi connectivity index (χ1v) is 11.9. The van der Waals surface area contributed by atoms with Crippen LogP contribution in [0.25, 0.3) is 0 Å². The number of hydrogen-bond acceptors (Lipinski definition) is 6. The molecule has 0 saturated carbocycles. The first kappa shape index (κ1) is 27.7. The van der Waals surface area contributed by atoms with Gasteiger partial charge in [0.15, 0.2) is 17.5 Å². The van der Waals surface area contributed by atoms with Crippen molar-refractivity contribution in [2.75, 3.05) is 46.2 Å². The van der Waals surface area contributed by atoms with Crippen LogP contribution in [-0.4, -0.2) is 72.7 Å². The molecule has 1 aliphatic rings. The lowest BCUT2D eigenvalue weighted by Crippen LogP contribution is -2.44. The Hall–Kier alpha value is -1.31. The van der Waals surface area contributed by atoms with E-state index in [9.17, 15) is 8.42 Å². The highest BCUT2D eigenvalue weighted by atomic mass is 127. The standard InChI is InChI=1S/C20H34N4O5S.HI/c1-16(29-19-10-5-4-9-18(19)27-3)14-23-20(21-2)22-11-13-30(25,26)24-15-17-8-6-7-12-28-17;/h4-5,9-10,16-17,24H,6-8,11-15H2,1-3H3,(H2,21,22,23);1H. The molecule has 0 radical (unpaired) electrons. The van der Waals surface area contributed by atoms with Gasteiger partial charge in [-0.1, -0.05) is 12.1 Å². The van der Waals surface area contributed by atoms with Crippen LogP contribution < -0.4 is 24.8 Å². The first-order chi connectivity index (χ1) is 14.4. The Bertz CT molecular complexity index is 773. The van der Waals surface area contributed by atoms with Gasteiger partial charge >= 0.3 is 0 Å². The minimum atomic E-state index is -3.38. The van der Waals surface area contributed by atoms with Crippen molar-refractivity contribution in [1.82, 2.24) is 15.4 Å². The molecule has 2 rings (SSSR count). The molecule has 1 saturated heterocycles. The summed E-state index contributed by atoms with van der Waals surface area (Å²) in [5.41, 5.74) is 0. The second-order valence-corrected chi connectivity index (χ2v) is 9.04. The molecule has 1 aromatic carbocycles. The molecule has 1 aromatic rings. The summed E-state index contributed by atoms with van der Waals surface area (Å²) in [6.07, 6.45) is 2.84. The second kappa shape index (κ2) is 14.7. The molecule has 0 aromatic heterocycles. The maximum Gasteiger partial charge on any atom is 0.213 e. The maximum absolute atomic E-state index is 12.2. The van der Waals surface area contributed by atoms with Crippen LogP contribution in [0.2, 0.25) is 0 Å². The van der Waals surface area contributed by atoms with E-state index in [1.165, 1.54) is 0 Å². The molecular formula is C20H35IN4O5S. The number of benzene rings is 1. The summed E-state index contributed by atoms with van der Waals surface area (Å²) < 4.78 is 43.7. The van der Waals surface area contributed by atoms with Crippen molar-refractivity contribution in [3.05, 3.63) is 24.3 Å². The van der Waals surface area contributed by atoms with Crippen molar-refractivity contribution in [1.29, 1.82) is 0 Å². The molecule has 1 fully saturated rings. The number of hydrogen-bond donors (Lipinski definition) is 3. The molecule has 0 spiro atoms. The van der Waals surface area contributed by atoms with Gasteiger partial charge in [0.25, 0.3) is 0 Å². The van der Waals surface area contributed by atoms with Crippen LogP contribution >= 0.6 is 24.0 Å². The Labute approximate surface area is 202 Å². The Morgan fingerprint density at radius 3 is 2.65 bits per heavy atom. The molecule has 0 aliphatic carbocycles. The van der Waals surface area contributed by atoms with Crippen LogP contribution in [0, 0.1) is 0 Å². The van der Waals surface area contributed by atoms with Gasteiger partial charge in [-0.3, -0.25) is 4.99 Å². The van der Waals surface area contributed by atoms with Gasteiger partial charge in [-0.15, -0.1) is 24.0 Å². The summed E-state index contributed by atoms with van der Waals surface area (Å²) >= 11 is 0. The van der Waals surface area contributed by atoms with E-state index in [0.29, 0.717) is 37.2 Å². The Kier molecular flexibility index (Phi) is 13.1. The fraction of sp³-hybridized carbons (Fsp3) is 0.650. The Balaban J connectivity index is 0.00000480. The number of para-hydroxylation sites is 2. The first-order valence-electron chi connectivity index (χ1n) is 10.3. The number of guanidine groups is 1. The third-order valence-corrected chi connectivity index (χ3v) is 5.99. The number of nitrogens with one attached hydrogen (secondary N) is 3. The topological polar surface area (TPSA) is 110 Å². The monoisotopic (exact) mass is 570 g/mol. The summed E-state index contributed by atoms with van der Waals surface area (Å²) in [6.45, 7) is 3.68. The second-order valence-electron chi connectivity index (χ2n) is 7.12. The van der Waals surface area contributed by atoms with Gasteiger partial charge in [0.1, 0.15) is 6.10 Å². The normalized spacial score (nSPS) is 17.9. The lowest BCUT2D eigenvalue weighted by molar-refractivity contribution is 0.0200. The van der Waals surface area contributed by atoms with E-state index in [4.69, 9.17) is 14.2 Å². The number of nitrogens with zero attached hydrogens (tertiary/aromatic N) is 1. The highest BCUT2D eigenvalue weighted by Crippen LogP contribution is 2.26. The van der Waals surface area contributed by atoms with Gasteiger partial charge in [-0.25, -0.2) is 13.1 Å². The average Bonchev–Trinajstić information content (AvgIpc) is 2.76. The molecule has 9 nitrogen and oxygen atoms in total. The summed E-state index contributed by atoms with van der Waals surface area (Å²) in [5, 5.41) is 6.15. The van der Waals surface area contributed by atoms with E-state index in [2.05, 4.69) is 20.3 Å². The maximum atomic E-state index is 12.2. The molecule has 1 aliphatic heterocycles. The largest absolute Gasteiger partial charge is 0.493 e. The van der Waals surface area contributed by atoms with Crippen LogP contribution in [0.3, 0.4) is 0 Å². The summed E-state index contributed by atoms with van der Waals surface area (Å²) in [7, 11) is -0.146. The van der Waals surface area contributed by atoms with Crippen LogP contribution in [0.4, 0.5) is 0 Å². The van der Waals surface area contributed by atoms with Crippen molar-refractivity contribution >= 4 is 40.0 Å². The van der Waals surface area contributed by atoms with Gasteiger partial charge < -0.3 is 24.8 Å². The van der Waals surface area contributed by atoms with E-state index in [1.807, 2.05) is 31.2 Å². The highest BCUT2D eigenvalue weighted by molar-refractivity contribution is 14.0. The number of aliphatic imine (C=N–C) groups is 1. The van der Waals surface area contributed by atoms with Crippen LogP contribution in [-0.2, 0) is 14.8 Å². The Morgan fingerprint density at radius 1 is 1.26 bits per heavy atom. The molecule has 178 valence electrons. The number of methoxy groups -OCH3 is 1. The van der Waals surface area contributed by atoms with Gasteiger partial charge in [0.05, 0.1) is 25.5 Å². The van der Waals surface area contributed by atoms with E-state index >= 15 is 0 Å². The third kappa shape index (κ3) is 10.7. The lowest BCUT2D eigenvalue weighted by Gasteiger charge is -2.22. The quantitative estimate of drug-likeness (QED) is 0.211. The molecule has 31 heavy (non-hydrogen) atoms. The van der Waals surface area contributed by atoms with Gasteiger partial charge in [-0.2, -0.15) is 0 Å². The molecule has 2 unspecified atom stereocenters. The predicted molar refractivity (Wildman–Crippen MR) is 133 cm³/mol. The van der Waals surface area contributed by atoms with Crippen LogP contribution in [0.1, 0.15) is 26.2 Å².